The Morgan fingerprint density at radius 3 is 2.52 bits per heavy atom. The highest BCUT2D eigenvalue weighted by atomic mass is 16.2. The van der Waals surface area contributed by atoms with Crippen LogP contribution in [-0.4, -0.2) is 40.0 Å². The molecule has 4 rings (SSSR count). The number of benzene rings is 1. The molecule has 6 nitrogen and oxygen atoms in total. The molecule has 2 aromatic rings. The normalized spacial score (nSPS) is 25.7. The van der Waals surface area contributed by atoms with Crippen molar-refractivity contribution in [2.45, 2.75) is 88.9 Å². The number of H-pyrrole nitrogens is 1. The van der Waals surface area contributed by atoms with Crippen LogP contribution >= 0.6 is 0 Å². The predicted molar refractivity (Wildman–Crippen MR) is 117 cm³/mol. The number of aromatic nitrogens is 2. The maximum Gasteiger partial charge on any atom is 0.239 e. The van der Waals surface area contributed by atoms with Crippen molar-refractivity contribution >= 4 is 16.9 Å². The van der Waals surface area contributed by atoms with E-state index in [1.54, 1.807) is 0 Å². The molecule has 1 aliphatic carbocycles. The number of carbonyl (C=O) groups excluding carboxylic acids is 1. The number of hydrogen-bond donors (Lipinski definition) is 4. The minimum Gasteiger partial charge on any atom is -0.347 e. The van der Waals surface area contributed by atoms with E-state index in [9.17, 15) is 4.79 Å². The number of nitrogens with one attached hydrogen (secondary N) is 4. The predicted octanol–water partition coefficient (Wildman–Crippen LogP) is 3.39. The topological polar surface area (TPSA) is 81.8 Å². The molecular formula is C23H35N5O. The Morgan fingerprint density at radius 1 is 1.10 bits per heavy atom. The average molecular weight is 398 g/mol. The van der Waals surface area contributed by atoms with E-state index >= 15 is 0 Å². The molecule has 158 valence electrons. The molecule has 1 saturated carbocycles. The van der Waals surface area contributed by atoms with Crippen molar-refractivity contribution < 1.29 is 4.79 Å². The smallest absolute Gasteiger partial charge is 0.239 e. The fourth-order valence-corrected chi connectivity index (χ4v) is 5.14. The number of nitrogens with zero attached hydrogens (tertiary/aromatic N) is 1. The zero-order chi connectivity index (χ0) is 20.1. The molecule has 1 aromatic heterocycles. The highest BCUT2D eigenvalue weighted by molar-refractivity contribution is 5.83. The summed E-state index contributed by atoms with van der Waals surface area (Å²) in [4.78, 5) is 21.2. The molecule has 1 aromatic carbocycles. The first-order valence-electron chi connectivity index (χ1n) is 11.4. The van der Waals surface area contributed by atoms with Crippen LogP contribution in [0.5, 0.6) is 0 Å². The van der Waals surface area contributed by atoms with Crippen LogP contribution < -0.4 is 16.0 Å². The van der Waals surface area contributed by atoms with Crippen LogP contribution in [0.3, 0.4) is 0 Å². The van der Waals surface area contributed by atoms with Gasteiger partial charge in [-0.25, -0.2) is 4.98 Å². The Bertz CT molecular complexity index is 773. The summed E-state index contributed by atoms with van der Waals surface area (Å²) in [5, 5.41) is 10.6. The number of rotatable bonds is 3. The van der Waals surface area contributed by atoms with Gasteiger partial charge in [-0.3, -0.25) is 4.79 Å². The summed E-state index contributed by atoms with van der Waals surface area (Å²) < 4.78 is 0. The quantitative estimate of drug-likeness (QED) is 0.640. The number of amides is 1. The van der Waals surface area contributed by atoms with Crippen molar-refractivity contribution in [3.05, 3.63) is 30.1 Å². The van der Waals surface area contributed by atoms with Gasteiger partial charge in [0.1, 0.15) is 11.9 Å². The highest BCUT2D eigenvalue weighted by Gasteiger charge is 2.45. The number of carbonyl (C=O) groups is 1. The van der Waals surface area contributed by atoms with Crippen molar-refractivity contribution in [3.63, 3.8) is 0 Å². The van der Waals surface area contributed by atoms with E-state index in [4.69, 9.17) is 0 Å². The number of aromatic amines is 1. The van der Waals surface area contributed by atoms with Crippen LogP contribution in [0.4, 0.5) is 0 Å². The van der Waals surface area contributed by atoms with Crippen molar-refractivity contribution in [2.75, 3.05) is 6.54 Å². The number of piperazine rings is 1. The Hall–Kier alpha value is -1.92. The van der Waals surface area contributed by atoms with Gasteiger partial charge in [0.25, 0.3) is 0 Å². The number of imidazole rings is 1. The van der Waals surface area contributed by atoms with Gasteiger partial charge in [0.05, 0.1) is 17.6 Å². The van der Waals surface area contributed by atoms with Crippen molar-refractivity contribution in [1.29, 1.82) is 0 Å². The van der Waals surface area contributed by atoms with Crippen LogP contribution in [0.25, 0.3) is 11.0 Å². The average Bonchev–Trinajstić information content (AvgIpc) is 3.14. The van der Waals surface area contributed by atoms with Gasteiger partial charge >= 0.3 is 0 Å². The Balaban J connectivity index is 1.46. The number of hydrogen-bond acceptors (Lipinski definition) is 4. The van der Waals surface area contributed by atoms with Crippen molar-refractivity contribution in [2.24, 2.45) is 0 Å². The Labute approximate surface area is 173 Å². The molecule has 29 heavy (non-hydrogen) atoms. The van der Waals surface area contributed by atoms with Crippen LogP contribution in [-0.2, 0) is 11.3 Å². The fraction of sp³-hybridized carbons (Fsp3) is 0.652. The molecular weight excluding hydrogens is 362 g/mol. The fourth-order valence-electron chi connectivity index (χ4n) is 5.14. The zero-order valence-corrected chi connectivity index (χ0v) is 17.6. The summed E-state index contributed by atoms with van der Waals surface area (Å²) in [6.45, 7) is 3.47. The molecule has 1 saturated heterocycles. The van der Waals surface area contributed by atoms with Crippen LogP contribution in [0.15, 0.2) is 24.3 Å². The third kappa shape index (κ3) is 4.81. The monoisotopic (exact) mass is 397 g/mol. The molecule has 2 heterocycles. The molecule has 1 spiro atoms. The molecule has 2 unspecified atom stereocenters. The van der Waals surface area contributed by atoms with E-state index in [2.05, 4.69) is 32.8 Å². The van der Waals surface area contributed by atoms with Gasteiger partial charge in [0.15, 0.2) is 0 Å². The lowest BCUT2D eigenvalue weighted by molar-refractivity contribution is -0.126. The summed E-state index contributed by atoms with van der Waals surface area (Å²) in [5.41, 5.74) is 1.80. The second-order valence-electron chi connectivity index (χ2n) is 8.94. The van der Waals surface area contributed by atoms with E-state index in [0.29, 0.717) is 12.6 Å². The van der Waals surface area contributed by atoms with Crippen LogP contribution in [0.2, 0.25) is 0 Å². The maximum absolute atomic E-state index is 13.3. The minimum atomic E-state index is -0.192. The number of para-hydroxylation sites is 2. The largest absolute Gasteiger partial charge is 0.347 e. The maximum atomic E-state index is 13.3. The van der Waals surface area contributed by atoms with Gasteiger partial charge in [-0.05, 0) is 31.9 Å². The first kappa shape index (κ1) is 20.4. The molecule has 0 radical (unpaired) electrons. The SMILES string of the molecule is CC1CNC(C(=O)NCc2nc3ccccc3[nH]2)C2(CCCCCCCCC2)N1. The van der Waals surface area contributed by atoms with Gasteiger partial charge in [-0.15, -0.1) is 0 Å². The van der Waals surface area contributed by atoms with E-state index < -0.39 is 0 Å². The van der Waals surface area contributed by atoms with E-state index in [-0.39, 0.29) is 17.5 Å². The second-order valence-corrected chi connectivity index (χ2v) is 8.94. The van der Waals surface area contributed by atoms with Crippen LogP contribution in [0, 0.1) is 0 Å². The molecule has 1 amide bonds. The Morgan fingerprint density at radius 2 is 1.79 bits per heavy atom. The molecule has 4 N–H and O–H groups in total. The van der Waals surface area contributed by atoms with Gasteiger partial charge in [0.2, 0.25) is 5.91 Å². The van der Waals surface area contributed by atoms with E-state index in [1.807, 2.05) is 24.3 Å². The molecule has 0 bridgehead atoms. The molecule has 2 atom stereocenters. The molecule has 2 aliphatic rings. The van der Waals surface area contributed by atoms with Crippen molar-refractivity contribution in [1.82, 2.24) is 25.9 Å². The third-order valence-electron chi connectivity index (χ3n) is 6.59. The molecule has 6 heteroatoms. The van der Waals surface area contributed by atoms with Gasteiger partial charge < -0.3 is 20.9 Å². The van der Waals surface area contributed by atoms with E-state index in [0.717, 1.165) is 36.2 Å². The first-order chi connectivity index (χ1) is 14.2. The van der Waals surface area contributed by atoms with E-state index in [1.165, 1.54) is 44.9 Å². The van der Waals surface area contributed by atoms with Gasteiger partial charge in [-0.1, -0.05) is 57.1 Å². The molecule has 2 fully saturated rings. The second kappa shape index (κ2) is 9.26. The zero-order valence-electron chi connectivity index (χ0n) is 17.6. The highest BCUT2D eigenvalue weighted by Crippen LogP contribution is 2.31. The lowest BCUT2D eigenvalue weighted by atomic mass is 9.76. The number of fused-ring (bicyclic) bond motifs is 1. The van der Waals surface area contributed by atoms with Gasteiger partial charge in [0, 0.05) is 18.1 Å². The minimum absolute atomic E-state index is 0.0851. The summed E-state index contributed by atoms with van der Waals surface area (Å²) in [6, 6.07) is 8.16. The third-order valence-corrected chi connectivity index (χ3v) is 6.59. The summed E-state index contributed by atoms with van der Waals surface area (Å²) in [5.74, 6) is 0.888. The summed E-state index contributed by atoms with van der Waals surface area (Å²) >= 11 is 0. The van der Waals surface area contributed by atoms with Gasteiger partial charge in [-0.2, -0.15) is 0 Å². The lowest BCUT2D eigenvalue weighted by Gasteiger charge is -2.48. The van der Waals surface area contributed by atoms with Crippen molar-refractivity contribution in [3.8, 4) is 0 Å². The lowest BCUT2D eigenvalue weighted by Crippen LogP contribution is -2.72. The summed E-state index contributed by atoms with van der Waals surface area (Å²) in [7, 11) is 0. The Kier molecular flexibility index (Phi) is 6.50. The van der Waals surface area contributed by atoms with Crippen LogP contribution in [0.1, 0.15) is 70.5 Å². The summed E-state index contributed by atoms with van der Waals surface area (Å²) in [6.07, 6.45) is 11.0. The molecule has 1 aliphatic heterocycles. The standard InChI is InChI=1S/C23H35N5O/c1-17-15-24-21(23(28-17)13-9-5-3-2-4-6-10-14-23)22(29)25-16-20-26-18-11-7-8-12-19(18)27-20/h7-8,11-12,17,21,24,28H,2-6,9-10,13-16H2,1H3,(H,25,29)(H,26,27). The first-order valence-corrected chi connectivity index (χ1v) is 11.4.